The lowest BCUT2D eigenvalue weighted by Gasteiger charge is -2.08. The number of nitrogens with one attached hydrogen (secondary N) is 1. The summed E-state index contributed by atoms with van der Waals surface area (Å²) in [6.07, 6.45) is 0. The van der Waals surface area contributed by atoms with Crippen LogP contribution >= 0.6 is 23.4 Å². The summed E-state index contributed by atoms with van der Waals surface area (Å²) in [5, 5.41) is 4.33. The largest absolute Gasteiger partial charge is 0.492 e. The molecule has 0 unspecified atom stereocenters. The van der Waals surface area contributed by atoms with Crippen molar-refractivity contribution < 1.29 is 9.53 Å². The first-order chi connectivity index (χ1) is 12.1. The predicted molar refractivity (Wildman–Crippen MR) is 101 cm³/mol. The Kier molecular flexibility index (Phi) is 5.83. The molecule has 0 aliphatic carbocycles. The van der Waals surface area contributed by atoms with E-state index < -0.39 is 0 Å². The molecule has 0 aliphatic heterocycles. The number of thioether (sulfide) groups is 1. The van der Waals surface area contributed by atoms with Gasteiger partial charge >= 0.3 is 0 Å². The van der Waals surface area contributed by atoms with Crippen molar-refractivity contribution in [3.63, 3.8) is 0 Å². The Morgan fingerprint density at radius 3 is 2.76 bits per heavy atom. The number of imidazole rings is 1. The van der Waals surface area contributed by atoms with Crippen LogP contribution in [-0.2, 0) is 11.8 Å². The predicted octanol–water partition coefficient (Wildman–Crippen LogP) is 3.51. The van der Waals surface area contributed by atoms with Gasteiger partial charge in [-0.05, 0) is 36.4 Å². The molecule has 25 heavy (non-hydrogen) atoms. The number of hydrogen-bond donors (Lipinski definition) is 1. The van der Waals surface area contributed by atoms with Gasteiger partial charge < -0.3 is 14.6 Å². The van der Waals surface area contributed by atoms with Crippen molar-refractivity contribution in [2.75, 3.05) is 18.9 Å². The minimum Gasteiger partial charge on any atom is -0.492 e. The summed E-state index contributed by atoms with van der Waals surface area (Å²) in [7, 11) is 1.95. The maximum absolute atomic E-state index is 12.0. The van der Waals surface area contributed by atoms with E-state index in [4.69, 9.17) is 16.3 Å². The molecule has 1 amide bonds. The number of carbonyl (C=O) groups excluding carboxylic acids is 1. The van der Waals surface area contributed by atoms with Gasteiger partial charge in [0, 0.05) is 12.1 Å². The molecule has 7 heteroatoms. The van der Waals surface area contributed by atoms with Crippen LogP contribution in [0.15, 0.2) is 53.7 Å². The average Bonchev–Trinajstić information content (AvgIpc) is 2.95. The van der Waals surface area contributed by atoms with Gasteiger partial charge in [-0.25, -0.2) is 4.98 Å². The second kappa shape index (κ2) is 8.27. The van der Waals surface area contributed by atoms with E-state index in [9.17, 15) is 4.79 Å². The van der Waals surface area contributed by atoms with Gasteiger partial charge in [0.15, 0.2) is 5.16 Å². The smallest absolute Gasteiger partial charge is 0.230 e. The molecule has 3 rings (SSSR count). The number of nitrogens with zero attached hydrogens (tertiary/aromatic N) is 2. The van der Waals surface area contributed by atoms with Crippen molar-refractivity contribution in [2.45, 2.75) is 5.16 Å². The zero-order valence-corrected chi connectivity index (χ0v) is 15.3. The van der Waals surface area contributed by atoms with Gasteiger partial charge in [0.1, 0.15) is 12.4 Å². The van der Waals surface area contributed by atoms with Crippen LogP contribution in [0, 0.1) is 0 Å². The fourth-order valence-corrected chi connectivity index (χ4v) is 3.27. The summed E-state index contributed by atoms with van der Waals surface area (Å²) in [6.45, 7) is 0.856. The van der Waals surface area contributed by atoms with Gasteiger partial charge in [-0.3, -0.25) is 4.79 Å². The molecular formula is C18H18ClN3O2S. The van der Waals surface area contributed by atoms with E-state index in [2.05, 4.69) is 10.3 Å². The highest BCUT2D eigenvalue weighted by Crippen LogP contribution is 2.22. The lowest BCUT2D eigenvalue weighted by Crippen LogP contribution is -2.29. The lowest BCUT2D eigenvalue weighted by atomic mass is 10.3. The third kappa shape index (κ3) is 4.67. The van der Waals surface area contributed by atoms with Crippen molar-refractivity contribution in [2.24, 2.45) is 7.05 Å². The number of fused-ring (bicyclic) bond motifs is 1. The summed E-state index contributed by atoms with van der Waals surface area (Å²) in [5.41, 5.74) is 1.99. The number of amides is 1. The third-order valence-electron chi connectivity index (χ3n) is 3.59. The summed E-state index contributed by atoms with van der Waals surface area (Å²) in [6, 6.07) is 15.0. The molecule has 1 N–H and O–H groups in total. The quantitative estimate of drug-likeness (QED) is 0.507. The number of ether oxygens (including phenoxy) is 1. The van der Waals surface area contributed by atoms with Gasteiger partial charge in [-0.2, -0.15) is 0 Å². The summed E-state index contributed by atoms with van der Waals surface area (Å²) in [5.74, 6) is 1.00. The molecule has 0 fully saturated rings. The Labute approximate surface area is 155 Å². The van der Waals surface area contributed by atoms with Crippen molar-refractivity contribution in [3.05, 3.63) is 53.6 Å². The zero-order valence-electron chi connectivity index (χ0n) is 13.7. The molecule has 130 valence electrons. The van der Waals surface area contributed by atoms with Crippen molar-refractivity contribution in [3.8, 4) is 5.75 Å². The number of benzene rings is 2. The Balaban J connectivity index is 1.41. The topological polar surface area (TPSA) is 56.2 Å². The molecule has 1 heterocycles. The second-order valence-corrected chi connectivity index (χ2v) is 6.76. The van der Waals surface area contributed by atoms with Gasteiger partial charge in [0.2, 0.25) is 5.91 Å². The van der Waals surface area contributed by atoms with Crippen molar-refractivity contribution >= 4 is 40.3 Å². The molecule has 5 nitrogen and oxygen atoms in total. The maximum atomic E-state index is 12.0. The number of halogens is 1. The van der Waals surface area contributed by atoms with Gasteiger partial charge in [0.25, 0.3) is 0 Å². The van der Waals surface area contributed by atoms with E-state index >= 15 is 0 Å². The molecular weight excluding hydrogens is 358 g/mol. The number of carbonyl (C=O) groups is 1. The molecule has 0 saturated carbocycles. The molecule has 0 saturated heterocycles. The standard InChI is InChI=1S/C18H18ClN3O2S/c1-22-16-5-3-2-4-15(16)21-18(22)25-12-17(23)20-10-11-24-14-8-6-13(19)7-9-14/h2-9H,10-12H2,1H3,(H,20,23). The van der Waals surface area contributed by atoms with E-state index in [1.807, 2.05) is 35.9 Å². The normalized spacial score (nSPS) is 10.8. The molecule has 0 bridgehead atoms. The number of rotatable bonds is 7. The van der Waals surface area contributed by atoms with E-state index in [1.165, 1.54) is 11.8 Å². The van der Waals surface area contributed by atoms with Crippen LogP contribution in [-0.4, -0.2) is 34.4 Å². The van der Waals surface area contributed by atoms with Gasteiger partial charge in [-0.15, -0.1) is 0 Å². The van der Waals surface area contributed by atoms with E-state index in [0.717, 1.165) is 21.9 Å². The molecule has 0 aliphatic rings. The molecule has 1 aromatic heterocycles. The van der Waals surface area contributed by atoms with Crippen LogP contribution in [0.5, 0.6) is 5.75 Å². The summed E-state index contributed by atoms with van der Waals surface area (Å²) in [4.78, 5) is 16.5. The molecule has 3 aromatic rings. The van der Waals surface area contributed by atoms with Crippen molar-refractivity contribution in [1.82, 2.24) is 14.9 Å². The molecule has 2 aromatic carbocycles. The highest BCUT2D eigenvalue weighted by Gasteiger charge is 2.10. The monoisotopic (exact) mass is 375 g/mol. The van der Waals surface area contributed by atoms with Crippen molar-refractivity contribution in [1.29, 1.82) is 0 Å². The van der Waals surface area contributed by atoms with E-state index in [-0.39, 0.29) is 5.91 Å². The van der Waals surface area contributed by atoms with Crippen LogP contribution in [0.25, 0.3) is 11.0 Å². The summed E-state index contributed by atoms with van der Waals surface area (Å²) < 4.78 is 7.53. The number of aromatic nitrogens is 2. The minimum absolute atomic E-state index is 0.0447. The first kappa shape index (κ1) is 17.6. The fraction of sp³-hybridized carbons (Fsp3) is 0.222. The van der Waals surface area contributed by atoms with Crippen LogP contribution in [0.3, 0.4) is 0 Å². The molecule has 0 radical (unpaired) electrons. The number of para-hydroxylation sites is 2. The van der Waals surface area contributed by atoms with Gasteiger partial charge in [0.05, 0.1) is 23.3 Å². The van der Waals surface area contributed by atoms with Crippen LogP contribution in [0.4, 0.5) is 0 Å². The maximum Gasteiger partial charge on any atom is 0.230 e. The first-order valence-electron chi connectivity index (χ1n) is 7.83. The van der Waals surface area contributed by atoms with Crippen LogP contribution in [0.1, 0.15) is 0 Å². The lowest BCUT2D eigenvalue weighted by molar-refractivity contribution is -0.118. The minimum atomic E-state index is -0.0447. The average molecular weight is 376 g/mol. The Hall–Kier alpha value is -2.18. The second-order valence-electron chi connectivity index (χ2n) is 5.38. The Morgan fingerprint density at radius 2 is 2.00 bits per heavy atom. The number of aryl methyl sites for hydroxylation is 1. The van der Waals surface area contributed by atoms with Crippen LogP contribution < -0.4 is 10.1 Å². The summed E-state index contributed by atoms with van der Waals surface area (Å²) >= 11 is 7.24. The fourth-order valence-electron chi connectivity index (χ4n) is 2.32. The highest BCUT2D eigenvalue weighted by molar-refractivity contribution is 7.99. The molecule has 0 atom stereocenters. The first-order valence-corrected chi connectivity index (χ1v) is 9.19. The van der Waals surface area contributed by atoms with Crippen LogP contribution in [0.2, 0.25) is 5.02 Å². The third-order valence-corrected chi connectivity index (χ3v) is 4.87. The van der Waals surface area contributed by atoms with E-state index in [0.29, 0.717) is 23.9 Å². The zero-order chi connectivity index (χ0) is 17.6. The SMILES string of the molecule is Cn1c(SCC(=O)NCCOc2ccc(Cl)cc2)nc2ccccc21. The molecule has 0 spiro atoms. The number of hydrogen-bond acceptors (Lipinski definition) is 4. The highest BCUT2D eigenvalue weighted by atomic mass is 35.5. The Morgan fingerprint density at radius 1 is 1.24 bits per heavy atom. The van der Waals surface area contributed by atoms with Gasteiger partial charge in [-0.1, -0.05) is 35.5 Å². The Bertz CT molecular complexity index is 864. The van der Waals surface area contributed by atoms with E-state index in [1.54, 1.807) is 24.3 Å².